The minimum atomic E-state index is 0.274. The number of rotatable bonds is 7. The molecule has 0 heterocycles. The van der Waals surface area contributed by atoms with Crippen LogP contribution in [-0.2, 0) is 0 Å². The fourth-order valence-electron chi connectivity index (χ4n) is 3.47. The van der Waals surface area contributed by atoms with Gasteiger partial charge in [-0.2, -0.15) is 5.26 Å². The van der Waals surface area contributed by atoms with Crippen molar-refractivity contribution >= 4 is 0 Å². The van der Waals surface area contributed by atoms with Crippen molar-refractivity contribution in [2.45, 2.75) is 71.8 Å². The molecule has 0 saturated heterocycles. The van der Waals surface area contributed by atoms with Gasteiger partial charge in [-0.05, 0) is 51.1 Å². The Balaban J connectivity index is 2.67. The van der Waals surface area contributed by atoms with Crippen LogP contribution in [0.3, 0.4) is 0 Å². The van der Waals surface area contributed by atoms with E-state index in [-0.39, 0.29) is 5.92 Å². The Morgan fingerprint density at radius 1 is 1.06 bits per heavy atom. The van der Waals surface area contributed by atoms with Crippen molar-refractivity contribution in [2.75, 3.05) is 13.1 Å². The van der Waals surface area contributed by atoms with Crippen molar-refractivity contribution in [1.29, 1.82) is 5.26 Å². The summed E-state index contributed by atoms with van der Waals surface area (Å²) in [5, 5.41) is 9.39. The van der Waals surface area contributed by atoms with E-state index in [0.29, 0.717) is 6.04 Å². The van der Waals surface area contributed by atoms with Crippen LogP contribution in [0, 0.1) is 23.2 Å². The first-order valence-corrected chi connectivity index (χ1v) is 7.90. The maximum atomic E-state index is 9.39. The summed E-state index contributed by atoms with van der Waals surface area (Å²) in [5.74, 6) is 1.14. The quantitative estimate of drug-likeness (QED) is 0.676. The summed E-state index contributed by atoms with van der Waals surface area (Å²) in [7, 11) is 0. The number of nitriles is 1. The summed E-state index contributed by atoms with van der Waals surface area (Å²) in [4.78, 5) is 2.59. The van der Waals surface area contributed by atoms with E-state index < -0.39 is 0 Å². The molecule has 104 valence electrons. The fraction of sp³-hybridized carbons (Fsp3) is 0.938. The molecule has 0 radical (unpaired) electrons. The van der Waals surface area contributed by atoms with Gasteiger partial charge in [0.15, 0.2) is 0 Å². The van der Waals surface area contributed by atoms with Gasteiger partial charge in [0, 0.05) is 6.04 Å². The molecule has 0 aromatic carbocycles. The van der Waals surface area contributed by atoms with Crippen LogP contribution in [0.4, 0.5) is 0 Å². The third-order valence-corrected chi connectivity index (χ3v) is 4.28. The highest BCUT2D eigenvalue weighted by Gasteiger charge is 2.33. The first-order valence-electron chi connectivity index (χ1n) is 7.90. The molecule has 0 N–H and O–H groups in total. The summed E-state index contributed by atoms with van der Waals surface area (Å²) in [6.07, 6.45) is 8.69. The van der Waals surface area contributed by atoms with E-state index in [4.69, 9.17) is 0 Å². The van der Waals surface area contributed by atoms with Gasteiger partial charge in [-0.3, -0.25) is 4.90 Å². The van der Waals surface area contributed by atoms with Gasteiger partial charge in [0.1, 0.15) is 0 Å². The Labute approximate surface area is 113 Å². The van der Waals surface area contributed by atoms with Crippen molar-refractivity contribution < 1.29 is 0 Å². The molecular formula is C16H30N2. The highest BCUT2D eigenvalue weighted by atomic mass is 15.2. The summed E-state index contributed by atoms with van der Waals surface area (Å²) in [6, 6.07) is 3.10. The average Bonchev–Trinajstić information content (AvgIpc) is 2.39. The maximum Gasteiger partial charge on any atom is 0.0672 e. The summed E-state index contributed by atoms with van der Waals surface area (Å²) >= 11 is 0. The summed E-state index contributed by atoms with van der Waals surface area (Å²) < 4.78 is 0. The molecule has 0 bridgehead atoms. The molecule has 1 aliphatic carbocycles. The van der Waals surface area contributed by atoms with Crippen LogP contribution >= 0.6 is 0 Å². The third kappa shape index (κ3) is 4.28. The molecule has 0 aliphatic heterocycles. The maximum absolute atomic E-state index is 9.39. The van der Waals surface area contributed by atoms with Crippen molar-refractivity contribution in [3.05, 3.63) is 0 Å². The normalized spacial score (nSPS) is 28.3. The largest absolute Gasteiger partial charge is 0.299 e. The molecule has 2 nitrogen and oxygen atoms in total. The Morgan fingerprint density at radius 2 is 1.72 bits per heavy atom. The van der Waals surface area contributed by atoms with E-state index in [2.05, 4.69) is 31.7 Å². The zero-order chi connectivity index (χ0) is 13.4. The first kappa shape index (κ1) is 15.5. The van der Waals surface area contributed by atoms with Crippen LogP contribution in [0.1, 0.15) is 65.7 Å². The highest BCUT2D eigenvalue weighted by molar-refractivity contribution is 4.97. The number of nitrogens with zero attached hydrogens (tertiary/aromatic N) is 2. The molecule has 0 aromatic rings. The van der Waals surface area contributed by atoms with E-state index in [1.54, 1.807) is 0 Å². The minimum absolute atomic E-state index is 0.274. The molecule has 1 rings (SSSR count). The lowest BCUT2D eigenvalue weighted by Crippen LogP contribution is -2.44. The lowest BCUT2D eigenvalue weighted by Gasteiger charge is -2.40. The van der Waals surface area contributed by atoms with Crippen molar-refractivity contribution in [1.82, 2.24) is 4.90 Å². The monoisotopic (exact) mass is 250 g/mol. The van der Waals surface area contributed by atoms with Gasteiger partial charge in [-0.15, -0.1) is 0 Å². The van der Waals surface area contributed by atoms with Crippen molar-refractivity contribution in [3.8, 4) is 6.07 Å². The van der Waals surface area contributed by atoms with Gasteiger partial charge in [0.25, 0.3) is 0 Å². The van der Waals surface area contributed by atoms with Crippen molar-refractivity contribution in [2.24, 2.45) is 11.8 Å². The van der Waals surface area contributed by atoms with Crippen LogP contribution in [0.2, 0.25) is 0 Å². The Kier molecular flexibility index (Phi) is 7.35. The molecule has 0 amide bonds. The topological polar surface area (TPSA) is 27.0 Å². The average molecular weight is 250 g/mol. The van der Waals surface area contributed by atoms with E-state index >= 15 is 0 Å². The predicted octanol–water partition coefficient (Wildman–Crippen LogP) is 4.22. The molecule has 3 unspecified atom stereocenters. The second kappa shape index (κ2) is 8.53. The molecular weight excluding hydrogens is 220 g/mol. The smallest absolute Gasteiger partial charge is 0.0672 e. The van der Waals surface area contributed by atoms with Gasteiger partial charge in [-0.1, -0.05) is 33.6 Å². The van der Waals surface area contributed by atoms with Crippen molar-refractivity contribution in [3.63, 3.8) is 0 Å². The van der Waals surface area contributed by atoms with E-state index in [1.165, 1.54) is 38.5 Å². The van der Waals surface area contributed by atoms with Gasteiger partial charge in [0.05, 0.1) is 12.0 Å². The molecule has 2 heteroatoms. The lowest BCUT2D eigenvalue weighted by atomic mass is 9.76. The van der Waals surface area contributed by atoms with Crippen LogP contribution < -0.4 is 0 Å². The fourth-order valence-corrected chi connectivity index (χ4v) is 3.47. The second-order valence-corrected chi connectivity index (χ2v) is 5.81. The lowest BCUT2D eigenvalue weighted by molar-refractivity contribution is 0.0975. The number of hydrogen-bond acceptors (Lipinski definition) is 2. The van der Waals surface area contributed by atoms with E-state index in [0.717, 1.165) is 25.4 Å². The van der Waals surface area contributed by atoms with Gasteiger partial charge in [0.2, 0.25) is 0 Å². The molecule has 1 fully saturated rings. The number of hydrogen-bond donors (Lipinski definition) is 0. The zero-order valence-electron chi connectivity index (χ0n) is 12.5. The van der Waals surface area contributed by atoms with E-state index in [9.17, 15) is 5.26 Å². The van der Waals surface area contributed by atoms with Gasteiger partial charge in [-0.25, -0.2) is 0 Å². The first-order chi connectivity index (χ1) is 8.76. The molecule has 1 saturated carbocycles. The molecule has 0 spiro atoms. The Hall–Kier alpha value is -0.550. The summed E-state index contributed by atoms with van der Waals surface area (Å²) in [5.41, 5.74) is 0. The molecule has 3 atom stereocenters. The highest BCUT2D eigenvalue weighted by Crippen LogP contribution is 2.34. The Bertz CT molecular complexity index is 250. The molecule has 18 heavy (non-hydrogen) atoms. The molecule has 0 aromatic heterocycles. The molecule has 1 aliphatic rings. The Morgan fingerprint density at radius 3 is 2.22 bits per heavy atom. The van der Waals surface area contributed by atoms with Gasteiger partial charge >= 0.3 is 0 Å². The summed E-state index contributed by atoms with van der Waals surface area (Å²) in [6.45, 7) is 9.10. The van der Waals surface area contributed by atoms with E-state index in [1.807, 2.05) is 0 Å². The van der Waals surface area contributed by atoms with Crippen LogP contribution in [-0.4, -0.2) is 24.0 Å². The SMILES string of the molecule is CCCC1CCC(C#N)C(N(CCC)CCC)C1. The van der Waals surface area contributed by atoms with Crippen LogP contribution in [0.25, 0.3) is 0 Å². The second-order valence-electron chi connectivity index (χ2n) is 5.81. The predicted molar refractivity (Wildman–Crippen MR) is 77.3 cm³/mol. The standard InChI is InChI=1S/C16H30N2/c1-4-7-14-8-9-15(13-17)16(12-14)18(10-5-2)11-6-3/h14-16H,4-12H2,1-3H3. The third-order valence-electron chi connectivity index (χ3n) is 4.28. The van der Waals surface area contributed by atoms with Crippen LogP contribution in [0.5, 0.6) is 0 Å². The van der Waals surface area contributed by atoms with Gasteiger partial charge < -0.3 is 0 Å². The minimum Gasteiger partial charge on any atom is -0.299 e. The zero-order valence-corrected chi connectivity index (χ0v) is 12.5. The van der Waals surface area contributed by atoms with Crippen LogP contribution in [0.15, 0.2) is 0 Å².